The second-order valence-corrected chi connectivity index (χ2v) is 5.67. The highest BCUT2D eigenvalue weighted by Gasteiger charge is 2.36. The molecule has 2 aliphatic heterocycles. The third-order valence-electron chi connectivity index (χ3n) is 4.43. The predicted molar refractivity (Wildman–Crippen MR) is 75.6 cm³/mol. The Morgan fingerprint density at radius 3 is 2.80 bits per heavy atom. The normalized spacial score (nSPS) is 26.1. The Kier molecular flexibility index (Phi) is 5.23. The number of amides is 2. The molecule has 6 nitrogen and oxygen atoms in total. The molecule has 2 atom stereocenters. The van der Waals surface area contributed by atoms with Crippen molar-refractivity contribution >= 4 is 12.0 Å². The minimum Gasteiger partial charge on any atom is -0.481 e. The molecule has 20 heavy (non-hydrogen) atoms. The lowest BCUT2D eigenvalue weighted by atomic mass is 9.99. The standard InChI is InChI=1S/C14H25N3O3/c1-2-16(10-7-13(18)19)14(20)15-11-6-9-17-8-4-3-5-12(11)17/h11-12H,2-10H2,1H3,(H,15,20)(H,18,19). The lowest BCUT2D eigenvalue weighted by Gasteiger charge is -2.33. The van der Waals surface area contributed by atoms with Crippen LogP contribution in [0, 0.1) is 0 Å². The quantitative estimate of drug-likeness (QED) is 0.793. The summed E-state index contributed by atoms with van der Waals surface area (Å²) in [5, 5.41) is 11.8. The third kappa shape index (κ3) is 3.62. The Morgan fingerprint density at radius 2 is 2.10 bits per heavy atom. The van der Waals surface area contributed by atoms with Crippen molar-refractivity contribution < 1.29 is 14.7 Å². The zero-order valence-electron chi connectivity index (χ0n) is 12.2. The highest BCUT2D eigenvalue weighted by atomic mass is 16.4. The number of carboxylic acid groups (broad SMARTS) is 1. The lowest BCUT2D eigenvalue weighted by molar-refractivity contribution is -0.137. The van der Waals surface area contributed by atoms with Gasteiger partial charge >= 0.3 is 12.0 Å². The Hall–Kier alpha value is -1.30. The van der Waals surface area contributed by atoms with Crippen LogP contribution >= 0.6 is 0 Å². The van der Waals surface area contributed by atoms with E-state index in [9.17, 15) is 9.59 Å². The Labute approximate surface area is 120 Å². The van der Waals surface area contributed by atoms with Gasteiger partial charge in [-0.3, -0.25) is 9.69 Å². The van der Waals surface area contributed by atoms with Gasteiger partial charge in [0, 0.05) is 31.7 Å². The maximum Gasteiger partial charge on any atom is 0.317 e. The van der Waals surface area contributed by atoms with Crippen LogP contribution in [0.5, 0.6) is 0 Å². The SMILES string of the molecule is CCN(CCC(=O)O)C(=O)NC1CCN2CCCCC12. The van der Waals surface area contributed by atoms with Gasteiger partial charge in [0.2, 0.25) is 0 Å². The summed E-state index contributed by atoms with van der Waals surface area (Å²) in [4.78, 5) is 26.9. The third-order valence-corrected chi connectivity index (χ3v) is 4.43. The largest absolute Gasteiger partial charge is 0.481 e. The molecule has 2 saturated heterocycles. The number of carbonyl (C=O) groups is 2. The number of carbonyl (C=O) groups excluding carboxylic acids is 1. The molecule has 0 aromatic heterocycles. The second-order valence-electron chi connectivity index (χ2n) is 5.67. The van der Waals surface area contributed by atoms with E-state index in [4.69, 9.17) is 5.11 Å². The number of carboxylic acids is 1. The van der Waals surface area contributed by atoms with E-state index in [-0.39, 0.29) is 25.0 Å². The highest BCUT2D eigenvalue weighted by molar-refractivity contribution is 5.75. The van der Waals surface area contributed by atoms with Crippen LogP contribution in [0.4, 0.5) is 4.79 Å². The number of nitrogens with zero attached hydrogens (tertiary/aromatic N) is 2. The molecule has 6 heteroatoms. The van der Waals surface area contributed by atoms with Gasteiger partial charge in [0.25, 0.3) is 0 Å². The summed E-state index contributed by atoms with van der Waals surface area (Å²) in [7, 11) is 0. The second kappa shape index (κ2) is 6.92. The van der Waals surface area contributed by atoms with E-state index in [0.717, 1.165) is 25.9 Å². The van der Waals surface area contributed by atoms with E-state index in [2.05, 4.69) is 10.2 Å². The zero-order chi connectivity index (χ0) is 14.5. The molecule has 2 N–H and O–H groups in total. The van der Waals surface area contributed by atoms with Crippen LogP contribution in [0.2, 0.25) is 0 Å². The van der Waals surface area contributed by atoms with Crippen molar-refractivity contribution in [3.8, 4) is 0 Å². The van der Waals surface area contributed by atoms with E-state index in [1.165, 1.54) is 12.8 Å². The van der Waals surface area contributed by atoms with Crippen molar-refractivity contribution in [1.29, 1.82) is 0 Å². The van der Waals surface area contributed by atoms with Gasteiger partial charge in [0.15, 0.2) is 0 Å². The summed E-state index contributed by atoms with van der Waals surface area (Å²) in [5.41, 5.74) is 0. The molecule has 2 aliphatic rings. The summed E-state index contributed by atoms with van der Waals surface area (Å²) in [6.07, 6.45) is 4.67. The smallest absolute Gasteiger partial charge is 0.317 e. The van der Waals surface area contributed by atoms with Crippen molar-refractivity contribution in [2.75, 3.05) is 26.2 Å². The molecule has 0 aliphatic carbocycles. The van der Waals surface area contributed by atoms with Crippen molar-refractivity contribution in [3.05, 3.63) is 0 Å². The van der Waals surface area contributed by atoms with Gasteiger partial charge in [-0.25, -0.2) is 4.79 Å². The van der Waals surface area contributed by atoms with E-state index in [1.807, 2.05) is 6.92 Å². The van der Waals surface area contributed by atoms with E-state index < -0.39 is 5.97 Å². The number of hydrogen-bond acceptors (Lipinski definition) is 3. The summed E-state index contributed by atoms with van der Waals surface area (Å²) in [5.74, 6) is -0.865. The number of nitrogens with one attached hydrogen (secondary N) is 1. The fourth-order valence-corrected chi connectivity index (χ4v) is 3.30. The minimum atomic E-state index is -0.865. The summed E-state index contributed by atoms with van der Waals surface area (Å²) in [6, 6.07) is 0.582. The number of rotatable bonds is 5. The van der Waals surface area contributed by atoms with Crippen LogP contribution in [0.25, 0.3) is 0 Å². The van der Waals surface area contributed by atoms with Gasteiger partial charge in [-0.2, -0.15) is 0 Å². The van der Waals surface area contributed by atoms with E-state index in [0.29, 0.717) is 12.6 Å². The van der Waals surface area contributed by atoms with Crippen LogP contribution in [0.15, 0.2) is 0 Å². The summed E-state index contributed by atoms with van der Waals surface area (Å²) >= 11 is 0. The molecule has 2 unspecified atom stereocenters. The number of aliphatic carboxylic acids is 1. The van der Waals surface area contributed by atoms with E-state index >= 15 is 0 Å². The minimum absolute atomic E-state index is 0.00147. The lowest BCUT2D eigenvalue weighted by Crippen LogP contribution is -2.51. The van der Waals surface area contributed by atoms with Crippen molar-refractivity contribution in [2.24, 2.45) is 0 Å². The molecule has 0 radical (unpaired) electrons. The van der Waals surface area contributed by atoms with Gasteiger partial charge in [-0.05, 0) is 32.7 Å². The Bertz CT molecular complexity index is 362. The first-order valence-corrected chi connectivity index (χ1v) is 7.63. The number of hydrogen-bond donors (Lipinski definition) is 2. The highest BCUT2D eigenvalue weighted by Crippen LogP contribution is 2.27. The van der Waals surface area contributed by atoms with Crippen LogP contribution in [0.1, 0.15) is 39.0 Å². The molecular weight excluding hydrogens is 258 g/mol. The molecule has 2 fully saturated rings. The molecule has 0 aromatic rings. The van der Waals surface area contributed by atoms with Crippen molar-refractivity contribution in [2.45, 2.75) is 51.1 Å². The van der Waals surface area contributed by atoms with Gasteiger partial charge < -0.3 is 15.3 Å². The van der Waals surface area contributed by atoms with Gasteiger partial charge in [-0.15, -0.1) is 0 Å². The first-order valence-electron chi connectivity index (χ1n) is 7.63. The van der Waals surface area contributed by atoms with Crippen LogP contribution in [-0.2, 0) is 4.79 Å². The van der Waals surface area contributed by atoms with Gasteiger partial charge in [0.1, 0.15) is 0 Å². The maximum absolute atomic E-state index is 12.2. The average molecular weight is 283 g/mol. The van der Waals surface area contributed by atoms with Crippen LogP contribution in [-0.4, -0.2) is 65.2 Å². The molecule has 0 spiro atoms. The molecular formula is C14H25N3O3. The Morgan fingerprint density at radius 1 is 1.30 bits per heavy atom. The zero-order valence-corrected chi connectivity index (χ0v) is 12.2. The van der Waals surface area contributed by atoms with Crippen molar-refractivity contribution in [3.63, 3.8) is 0 Å². The number of piperidine rings is 1. The molecule has 2 rings (SSSR count). The molecule has 0 aromatic carbocycles. The first kappa shape index (κ1) is 15.1. The first-order chi connectivity index (χ1) is 9.61. The number of urea groups is 1. The van der Waals surface area contributed by atoms with Crippen LogP contribution in [0.3, 0.4) is 0 Å². The van der Waals surface area contributed by atoms with E-state index in [1.54, 1.807) is 4.90 Å². The summed E-state index contributed by atoms with van der Waals surface area (Å²) in [6.45, 7) is 4.91. The summed E-state index contributed by atoms with van der Waals surface area (Å²) < 4.78 is 0. The fourth-order valence-electron chi connectivity index (χ4n) is 3.30. The molecule has 0 saturated carbocycles. The molecule has 0 bridgehead atoms. The van der Waals surface area contributed by atoms with Crippen LogP contribution < -0.4 is 5.32 Å². The van der Waals surface area contributed by atoms with Gasteiger partial charge in [0.05, 0.1) is 6.42 Å². The predicted octanol–water partition coefficient (Wildman–Crippen LogP) is 1.12. The molecule has 2 heterocycles. The Balaban J connectivity index is 1.84. The average Bonchev–Trinajstić information content (AvgIpc) is 2.83. The topological polar surface area (TPSA) is 72.9 Å². The molecule has 114 valence electrons. The van der Waals surface area contributed by atoms with Gasteiger partial charge in [-0.1, -0.05) is 6.42 Å². The fraction of sp³-hybridized carbons (Fsp3) is 0.857. The van der Waals surface area contributed by atoms with Crippen molar-refractivity contribution in [1.82, 2.24) is 15.1 Å². The number of fused-ring (bicyclic) bond motifs is 1. The monoisotopic (exact) mass is 283 g/mol. The maximum atomic E-state index is 12.2. The molecule has 2 amide bonds.